The van der Waals surface area contributed by atoms with Crippen LogP contribution < -0.4 is 0 Å². The van der Waals surface area contributed by atoms with Gasteiger partial charge in [0, 0.05) is 6.42 Å². The van der Waals surface area contributed by atoms with Crippen molar-refractivity contribution < 1.29 is 19.0 Å². The summed E-state index contributed by atoms with van der Waals surface area (Å²) >= 11 is 0. The Hall–Kier alpha value is -1.94. The second-order valence-corrected chi connectivity index (χ2v) is 10.1. The molecule has 31 heavy (non-hydrogen) atoms. The normalized spacial score (nSPS) is 25.7. The highest BCUT2D eigenvalue weighted by Crippen LogP contribution is 2.56. The van der Waals surface area contributed by atoms with Crippen molar-refractivity contribution in [3.63, 3.8) is 0 Å². The summed E-state index contributed by atoms with van der Waals surface area (Å²) in [5.74, 6) is -0.582. The first-order chi connectivity index (χ1) is 14.7. The van der Waals surface area contributed by atoms with Gasteiger partial charge in [0.25, 0.3) is 0 Å². The predicted octanol–water partition coefficient (Wildman–Crippen LogP) is 6.61. The molecule has 4 heteroatoms. The molecular formula is C27H37FO3. The van der Waals surface area contributed by atoms with Gasteiger partial charge in [-0.1, -0.05) is 58.7 Å². The zero-order chi connectivity index (χ0) is 22.6. The number of aliphatic hydroxyl groups excluding tert-OH is 1. The fraction of sp³-hybridized carbons (Fsp3) is 0.593. The molecule has 1 aromatic rings. The van der Waals surface area contributed by atoms with Crippen LogP contribution in [0.3, 0.4) is 0 Å². The van der Waals surface area contributed by atoms with Crippen molar-refractivity contribution in [2.75, 3.05) is 0 Å². The van der Waals surface area contributed by atoms with Crippen molar-refractivity contribution in [2.24, 2.45) is 10.8 Å². The average molecular weight is 429 g/mol. The van der Waals surface area contributed by atoms with Crippen molar-refractivity contribution >= 4 is 11.5 Å². The number of ether oxygens (including phenoxy) is 1. The molecule has 3 rings (SSSR count). The molecule has 0 bridgehead atoms. The fourth-order valence-corrected chi connectivity index (χ4v) is 5.88. The molecule has 1 heterocycles. The minimum absolute atomic E-state index is 0.0654. The van der Waals surface area contributed by atoms with E-state index in [0.29, 0.717) is 6.42 Å². The van der Waals surface area contributed by atoms with Gasteiger partial charge in [-0.05, 0) is 71.4 Å². The average Bonchev–Trinajstić information content (AvgIpc) is 2.66. The van der Waals surface area contributed by atoms with E-state index in [-0.39, 0.29) is 29.0 Å². The maximum absolute atomic E-state index is 13.7. The molecule has 1 saturated heterocycles. The third-order valence-electron chi connectivity index (χ3n) is 6.84. The Balaban J connectivity index is 2.05. The van der Waals surface area contributed by atoms with Crippen LogP contribution in [0, 0.1) is 16.6 Å². The van der Waals surface area contributed by atoms with E-state index >= 15 is 0 Å². The number of allylic oxidation sites excluding steroid dienone is 3. The van der Waals surface area contributed by atoms with Gasteiger partial charge in [-0.2, -0.15) is 0 Å². The summed E-state index contributed by atoms with van der Waals surface area (Å²) in [7, 11) is 0. The lowest BCUT2D eigenvalue weighted by Crippen LogP contribution is -2.35. The molecule has 0 saturated carbocycles. The van der Waals surface area contributed by atoms with Gasteiger partial charge >= 0.3 is 5.97 Å². The van der Waals surface area contributed by atoms with Crippen molar-refractivity contribution in [2.45, 2.75) is 91.3 Å². The van der Waals surface area contributed by atoms with E-state index < -0.39 is 12.2 Å². The first-order valence-electron chi connectivity index (χ1n) is 11.7. The quantitative estimate of drug-likeness (QED) is 0.497. The van der Waals surface area contributed by atoms with Crippen LogP contribution >= 0.6 is 0 Å². The van der Waals surface area contributed by atoms with Gasteiger partial charge < -0.3 is 9.84 Å². The maximum Gasteiger partial charge on any atom is 0.309 e. The number of hydrogen-bond donors (Lipinski definition) is 1. The smallest absolute Gasteiger partial charge is 0.309 e. The van der Waals surface area contributed by atoms with E-state index in [1.165, 1.54) is 36.1 Å². The van der Waals surface area contributed by atoms with Crippen LogP contribution in [0.25, 0.3) is 5.57 Å². The lowest BCUT2D eigenvalue weighted by Gasteiger charge is -2.47. The van der Waals surface area contributed by atoms with Gasteiger partial charge in [-0.15, -0.1) is 0 Å². The number of esters is 1. The number of hydrogen-bond acceptors (Lipinski definition) is 3. The topological polar surface area (TPSA) is 46.5 Å². The Morgan fingerprint density at radius 1 is 1.16 bits per heavy atom. The summed E-state index contributed by atoms with van der Waals surface area (Å²) in [6, 6.07) is 6.83. The van der Waals surface area contributed by atoms with Crippen molar-refractivity contribution in [3.05, 3.63) is 53.4 Å². The van der Waals surface area contributed by atoms with E-state index in [4.69, 9.17) is 4.74 Å². The highest BCUT2D eigenvalue weighted by Gasteiger charge is 2.42. The molecule has 1 fully saturated rings. The Bertz CT molecular complexity index is 829. The van der Waals surface area contributed by atoms with Crippen LogP contribution in [-0.4, -0.2) is 23.3 Å². The molecule has 3 nitrogen and oxygen atoms in total. The molecule has 2 unspecified atom stereocenters. The third-order valence-corrected chi connectivity index (χ3v) is 6.84. The zero-order valence-corrected chi connectivity index (χ0v) is 19.4. The van der Waals surface area contributed by atoms with Gasteiger partial charge in [-0.25, -0.2) is 4.39 Å². The van der Waals surface area contributed by atoms with Crippen LogP contribution in [0.15, 0.2) is 42.0 Å². The summed E-state index contributed by atoms with van der Waals surface area (Å²) < 4.78 is 19.1. The fourth-order valence-electron chi connectivity index (χ4n) is 5.88. The van der Waals surface area contributed by atoms with E-state index in [0.717, 1.165) is 31.2 Å². The van der Waals surface area contributed by atoms with Crippen molar-refractivity contribution in [3.8, 4) is 0 Å². The predicted molar refractivity (Wildman–Crippen MR) is 123 cm³/mol. The second kappa shape index (κ2) is 9.68. The minimum atomic E-state index is -0.650. The molecule has 1 aliphatic heterocycles. The van der Waals surface area contributed by atoms with E-state index in [1.807, 2.05) is 18.2 Å². The van der Waals surface area contributed by atoms with Gasteiger partial charge in [0.1, 0.15) is 11.9 Å². The van der Waals surface area contributed by atoms with Crippen LogP contribution in [0.5, 0.6) is 0 Å². The Morgan fingerprint density at radius 3 is 2.39 bits per heavy atom. The standard InChI is InChI=1S/C27H37FO3/c1-5-13-27(14-6-2)17-23(19-7-9-20(28)10-8-19)24(26(3,4)18-27)12-11-22-15-21(29)16-25(30)31-22/h7-12,21-22,29H,5-6,13-18H2,1-4H3. The van der Waals surface area contributed by atoms with Crippen molar-refractivity contribution in [1.82, 2.24) is 0 Å². The van der Waals surface area contributed by atoms with E-state index in [2.05, 4.69) is 33.8 Å². The van der Waals surface area contributed by atoms with E-state index in [9.17, 15) is 14.3 Å². The second-order valence-electron chi connectivity index (χ2n) is 10.1. The molecule has 0 spiro atoms. The molecule has 170 valence electrons. The molecule has 2 aliphatic rings. The third kappa shape index (κ3) is 5.65. The Labute approximate surface area is 186 Å². The minimum Gasteiger partial charge on any atom is -0.458 e. The number of rotatable bonds is 7. The first-order valence-corrected chi connectivity index (χ1v) is 11.7. The number of carbonyl (C=O) groups excluding carboxylic acids is 1. The van der Waals surface area contributed by atoms with Gasteiger partial charge in [0.2, 0.25) is 0 Å². The molecule has 1 aromatic carbocycles. The molecule has 2 atom stereocenters. The van der Waals surface area contributed by atoms with Crippen LogP contribution in [-0.2, 0) is 9.53 Å². The number of carbonyl (C=O) groups is 1. The maximum atomic E-state index is 13.7. The summed E-state index contributed by atoms with van der Waals surface area (Å²) in [5.41, 5.74) is 3.71. The van der Waals surface area contributed by atoms with Crippen LogP contribution in [0.4, 0.5) is 4.39 Å². The SMILES string of the molecule is CCCC1(CCC)CC(c2ccc(F)cc2)=C(C=CC2CC(O)CC(=O)O2)C(C)(C)C1. The number of benzene rings is 1. The zero-order valence-electron chi connectivity index (χ0n) is 19.4. The highest BCUT2D eigenvalue weighted by atomic mass is 19.1. The monoisotopic (exact) mass is 428 g/mol. The van der Waals surface area contributed by atoms with Gasteiger partial charge in [0.05, 0.1) is 12.5 Å². The Kier molecular flexibility index (Phi) is 7.41. The first kappa shape index (κ1) is 23.7. The summed E-state index contributed by atoms with van der Waals surface area (Å²) in [6.45, 7) is 9.09. The summed E-state index contributed by atoms with van der Waals surface area (Å²) in [6.07, 6.45) is 10.2. The van der Waals surface area contributed by atoms with Gasteiger partial charge in [0.15, 0.2) is 0 Å². The summed E-state index contributed by atoms with van der Waals surface area (Å²) in [5, 5.41) is 9.95. The molecule has 1 aliphatic carbocycles. The molecule has 0 aromatic heterocycles. The van der Waals surface area contributed by atoms with E-state index in [1.54, 1.807) is 0 Å². The number of halogens is 1. The Morgan fingerprint density at radius 2 is 1.81 bits per heavy atom. The molecular weight excluding hydrogens is 391 g/mol. The lowest BCUT2D eigenvalue weighted by molar-refractivity contribution is -0.156. The molecule has 1 N–H and O–H groups in total. The number of cyclic esters (lactones) is 1. The summed E-state index contributed by atoms with van der Waals surface area (Å²) in [4.78, 5) is 11.7. The molecule has 0 radical (unpaired) electrons. The van der Waals surface area contributed by atoms with Crippen LogP contribution in [0.2, 0.25) is 0 Å². The lowest BCUT2D eigenvalue weighted by atomic mass is 9.57. The largest absolute Gasteiger partial charge is 0.458 e. The number of aliphatic hydroxyl groups is 1. The van der Waals surface area contributed by atoms with Crippen LogP contribution in [0.1, 0.15) is 84.6 Å². The highest BCUT2D eigenvalue weighted by molar-refractivity contribution is 5.74. The van der Waals surface area contributed by atoms with Crippen molar-refractivity contribution in [1.29, 1.82) is 0 Å². The van der Waals surface area contributed by atoms with Gasteiger partial charge in [-0.3, -0.25) is 4.79 Å². The molecule has 0 amide bonds.